The van der Waals surface area contributed by atoms with Crippen LogP contribution in [0.3, 0.4) is 0 Å². The Hall–Kier alpha value is -4.90. The summed E-state index contributed by atoms with van der Waals surface area (Å²) in [5.41, 5.74) is 9.98. The van der Waals surface area contributed by atoms with Gasteiger partial charge in [-0.1, -0.05) is 53.4 Å². The number of rotatable bonds is 2. The van der Waals surface area contributed by atoms with Crippen LogP contribution >= 0.6 is 0 Å². The molecule has 209 valence electrons. The Bertz CT molecular complexity index is 2150. The maximum atomic E-state index is 6.47. The van der Waals surface area contributed by atoms with Crippen LogP contribution in [0.15, 0.2) is 126 Å². The van der Waals surface area contributed by atoms with Crippen molar-refractivity contribution in [2.75, 3.05) is 0 Å². The van der Waals surface area contributed by atoms with E-state index in [4.69, 9.17) is 9.40 Å². The van der Waals surface area contributed by atoms with Crippen molar-refractivity contribution in [3.63, 3.8) is 0 Å². The summed E-state index contributed by atoms with van der Waals surface area (Å²) in [6, 6.07) is 42.9. The van der Waals surface area contributed by atoms with Gasteiger partial charge in [-0.2, -0.15) is 0 Å². The van der Waals surface area contributed by atoms with Crippen LogP contribution in [0.25, 0.3) is 61.2 Å². The predicted octanol–water partition coefficient (Wildman–Crippen LogP) is 8.43. The summed E-state index contributed by atoms with van der Waals surface area (Å²) in [6.07, 6.45) is 5.53. The third-order valence-corrected chi connectivity index (χ3v) is 7.72. The molecule has 1 radical (unpaired) electrons. The molecule has 0 saturated heterocycles. The summed E-state index contributed by atoms with van der Waals surface area (Å²) in [5, 5.41) is 2.14. The quantitative estimate of drug-likeness (QED) is 0.168. The van der Waals surface area contributed by atoms with E-state index in [-0.39, 0.29) is 20.1 Å². The minimum absolute atomic E-state index is 0. The van der Waals surface area contributed by atoms with Gasteiger partial charge >= 0.3 is 0 Å². The number of hydrogen-bond donors (Lipinski definition) is 0. The average Bonchev–Trinajstić information content (AvgIpc) is 3.65. The third-order valence-electron chi connectivity index (χ3n) is 7.72. The molecule has 8 aromatic rings. The van der Waals surface area contributed by atoms with E-state index in [1.165, 1.54) is 11.3 Å². The number of para-hydroxylation sites is 1. The number of pyridine rings is 2. The molecule has 0 fully saturated rings. The summed E-state index contributed by atoms with van der Waals surface area (Å²) in [7, 11) is 0. The summed E-state index contributed by atoms with van der Waals surface area (Å²) in [4.78, 5) is 13.7. The van der Waals surface area contributed by atoms with Gasteiger partial charge in [-0.15, -0.1) is 54.1 Å². The molecule has 0 atom stereocenters. The Labute approximate surface area is 262 Å². The van der Waals surface area contributed by atoms with Gasteiger partial charge in [0, 0.05) is 44.3 Å². The molecular formula is C37H24IrN4O-2. The second-order valence-electron chi connectivity index (χ2n) is 10.2. The first-order valence-electron chi connectivity index (χ1n) is 14.0. The molecule has 1 aliphatic rings. The average molecular weight is 733 g/mol. The Kier molecular flexibility index (Phi) is 7.15. The number of furan rings is 1. The molecule has 4 aromatic carbocycles. The van der Waals surface area contributed by atoms with Crippen molar-refractivity contribution < 1.29 is 24.5 Å². The summed E-state index contributed by atoms with van der Waals surface area (Å²) in [6.45, 7) is 0. The fraction of sp³-hybridized carbons (Fsp3) is 0.0541. The van der Waals surface area contributed by atoms with Crippen molar-refractivity contribution >= 4 is 33.0 Å². The Morgan fingerprint density at radius 1 is 0.651 bits per heavy atom. The van der Waals surface area contributed by atoms with Crippen molar-refractivity contribution in [2.45, 2.75) is 12.8 Å². The van der Waals surface area contributed by atoms with E-state index in [0.29, 0.717) is 0 Å². The number of nitrogens with zero attached hydrogens (tertiary/aromatic N) is 4. The van der Waals surface area contributed by atoms with E-state index >= 15 is 0 Å². The normalized spacial score (nSPS) is 11.8. The van der Waals surface area contributed by atoms with Crippen LogP contribution in [0.1, 0.15) is 11.4 Å². The molecule has 0 amide bonds. The van der Waals surface area contributed by atoms with E-state index in [1.54, 1.807) is 12.4 Å². The molecule has 0 spiro atoms. The van der Waals surface area contributed by atoms with Gasteiger partial charge in [0.15, 0.2) is 0 Å². The molecule has 0 saturated carbocycles. The molecule has 0 unspecified atom stereocenters. The molecule has 0 bridgehead atoms. The number of fused-ring (bicyclic) bond motifs is 9. The van der Waals surface area contributed by atoms with E-state index in [1.807, 2.05) is 66.7 Å². The van der Waals surface area contributed by atoms with Gasteiger partial charge in [0.05, 0.1) is 16.8 Å². The van der Waals surface area contributed by atoms with Crippen LogP contribution < -0.4 is 0 Å². The molecule has 6 heteroatoms. The van der Waals surface area contributed by atoms with Crippen molar-refractivity contribution in [3.8, 4) is 28.2 Å². The molecule has 43 heavy (non-hydrogen) atoms. The largest absolute Gasteiger partial charge is 0.498 e. The van der Waals surface area contributed by atoms with Crippen LogP contribution in [0.2, 0.25) is 0 Å². The van der Waals surface area contributed by atoms with Crippen LogP contribution in [-0.4, -0.2) is 19.5 Å². The minimum atomic E-state index is 0. The van der Waals surface area contributed by atoms with Gasteiger partial charge in [0.2, 0.25) is 0 Å². The van der Waals surface area contributed by atoms with Crippen molar-refractivity contribution in [3.05, 3.63) is 145 Å². The van der Waals surface area contributed by atoms with Crippen molar-refractivity contribution in [2.24, 2.45) is 0 Å². The Morgan fingerprint density at radius 3 is 2.21 bits per heavy atom. The summed E-state index contributed by atoms with van der Waals surface area (Å²) in [5.74, 6) is 1.09. The van der Waals surface area contributed by atoms with E-state index in [2.05, 4.69) is 69.1 Å². The van der Waals surface area contributed by atoms with Crippen molar-refractivity contribution in [1.29, 1.82) is 0 Å². The first-order chi connectivity index (χ1) is 20.8. The number of benzene rings is 4. The van der Waals surface area contributed by atoms with Gasteiger partial charge in [-0.3, -0.25) is 4.57 Å². The first-order valence-corrected chi connectivity index (χ1v) is 14.0. The predicted molar refractivity (Wildman–Crippen MR) is 166 cm³/mol. The molecule has 0 N–H and O–H groups in total. The van der Waals surface area contributed by atoms with Crippen LogP contribution in [0.5, 0.6) is 0 Å². The van der Waals surface area contributed by atoms with Gasteiger partial charge in [-0.05, 0) is 53.7 Å². The zero-order valence-corrected chi connectivity index (χ0v) is 25.4. The molecule has 4 aromatic heterocycles. The third kappa shape index (κ3) is 4.75. The van der Waals surface area contributed by atoms with Gasteiger partial charge in [0.25, 0.3) is 0 Å². The molecule has 5 nitrogen and oxygen atoms in total. The number of aromatic nitrogens is 4. The Morgan fingerprint density at radius 2 is 1.42 bits per heavy atom. The molecule has 5 heterocycles. The van der Waals surface area contributed by atoms with Crippen LogP contribution in [0.4, 0.5) is 0 Å². The summed E-state index contributed by atoms with van der Waals surface area (Å²) < 4.78 is 8.75. The monoisotopic (exact) mass is 733 g/mol. The van der Waals surface area contributed by atoms with Crippen LogP contribution in [0, 0.1) is 12.1 Å². The fourth-order valence-corrected chi connectivity index (χ4v) is 5.79. The van der Waals surface area contributed by atoms with E-state index < -0.39 is 0 Å². The molecule has 1 aliphatic heterocycles. The standard InChI is InChI=1S/C26H16N3O.C11H8N.Ir/c1-2-10-21-16(6-1)11-14-23-28-24-22(29(21)23)13-12-18-17-7-5-8-19(25(17)30-26(18)24)20-9-3-4-15-27-20;1-2-6-10(7-3-1)11-8-4-5-9-12-11;/h1-7,9-10,12-13,15H,11,14H2;1-6,8-9H;/q2*-1;. The summed E-state index contributed by atoms with van der Waals surface area (Å²) >= 11 is 0. The second kappa shape index (κ2) is 11.4. The Balaban J connectivity index is 0.000000195. The maximum Gasteiger partial charge on any atom is 0.148 e. The number of aryl methyl sites for hydroxylation is 2. The van der Waals surface area contributed by atoms with Crippen LogP contribution in [-0.2, 0) is 32.9 Å². The molecule has 0 aliphatic carbocycles. The maximum absolute atomic E-state index is 6.47. The minimum Gasteiger partial charge on any atom is -0.498 e. The zero-order valence-electron chi connectivity index (χ0n) is 23.0. The SMILES string of the molecule is [Ir].[c-]1ccc2c(oc3c2ccc2c3nc3n2-c2ccccc2CC3)c1-c1ccccn1.[c-]1ccccc1-c1ccccn1. The van der Waals surface area contributed by atoms with Gasteiger partial charge in [-0.25, -0.2) is 4.98 Å². The van der Waals surface area contributed by atoms with Gasteiger partial charge in [0.1, 0.15) is 16.9 Å². The number of imidazole rings is 1. The van der Waals surface area contributed by atoms with Gasteiger partial charge < -0.3 is 14.4 Å². The fourth-order valence-electron chi connectivity index (χ4n) is 5.79. The van der Waals surface area contributed by atoms with E-state index in [0.717, 1.165) is 74.2 Å². The molecule has 9 rings (SSSR count). The number of hydrogen-bond acceptors (Lipinski definition) is 4. The van der Waals surface area contributed by atoms with E-state index in [9.17, 15) is 0 Å². The van der Waals surface area contributed by atoms with Crippen molar-refractivity contribution in [1.82, 2.24) is 19.5 Å². The first kappa shape index (κ1) is 27.0. The topological polar surface area (TPSA) is 56.7 Å². The second-order valence-corrected chi connectivity index (χ2v) is 10.2. The smallest absolute Gasteiger partial charge is 0.148 e. The molecular weight excluding hydrogens is 709 g/mol. The zero-order chi connectivity index (χ0) is 27.9.